The van der Waals surface area contributed by atoms with Crippen molar-refractivity contribution in [2.24, 2.45) is 11.8 Å². The number of rotatable bonds is 1. The molecule has 1 aromatic carbocycles. The van der Waals surface area contributed by atoms with E-state index in [1.807, 2.05) is 29.2 Å². The number of carbonyl (C=O) groups is 1. The second-order valence-corrected chi connectivity index (χ2v) is 5.69. The largest absolute Gasteiger partial charge is 0.384 e. The lowest BCUT2D eigenvalue weighted by Crippen LogP contribution is -2.42. The Kier molecular flexibility index (Phi) is 4.81. The molecule has 1 amide bonds. The second-order valence-electron chi connectivity index (χ2n) is 5.69. The number of aliphatic hydroxyl groups excluding tert-OH is 1. The van der Waals surface area contributed by atoms with Crippen molar-refractivity contribution < 1.29 is 9.90 Å². The lowest BCUT2D eigenvalue weighted by Gasteiger charge is -2.35. The van der Waals surface area contributed by atoms with E-state index in [-0.39, 0.29) is 12.5 Å². The van der Waals surface area contributed by atoms with E-state index in [2.05, 4.69) is 25.7 Å². The SMILES string of the molecule is CC1CC(C)CN(C(=O)c2ccc(C#CCO)cc2)C1. The first-order valence-electron chi connectivity index (χ1n) is 7.09. The molecular weight excluding hydrogens is 250 g/mol. The fourth-order valence-electron chi connectivity index (χ4n) is 2.85. The summed E-state index contributed by atoms with van der Waals surface area (Å²) in [5.41, 5.74) is 1.52. The van der Waals surface area contributed by atoms with Crippen molar-refractivity contribution >= 4 is 5.91 Å². The Hall–Kier alpha value is -1.79. The molecule has 2 rings (SSSR count). The fraction of sp³-hybridized carbons (Fsp3) is 0.471. The van der Waals surface area contributed by atoms with Crippen LogP contribution in [0.4, 0.5) is 0 Å². The van der Waals surface area contributed by atoms with Crippen molar-refractivity contribution in [1.29, 1.82) is 0 Å². The molecule has 1 N–H and O–H groups in total. The van der Waals surface area contributed by atoms with Gasteiger partial charge in [-0.1, -0.05) is 25.7 Å². The van der Waals surface area contributed by atoms with Crippen LogP contribution in [-0.2, 0) is 0 Å². The quantitative estimate of drug-likeness (QED) is 0.795. The third-order valence-corrected chi connectivity index (χ3v) is 3.60. The maximum absolute atomic E-state index is 12.5. The summed E-state index contributed by atoms with van der Waals surface area (Å²) >= 11 is 0. The van der Waals surface area contributed by atoms with Gasteiger partial charge in [0.05, 0.1) is 0 Å². The molecule has 1 aliphatic rings. The van der Waals surface area contributed by atoms with Gasteiger partial charge in [-0.25, -0.2) is 0 Å². The Morgan fingerprint density at radius 1 is 1.25 bits per heavy atom. The van der Waals surface area contributed by atoms with Crippen LogP contribution in [0.1, 0.15) is 36.2 Å². The average molecular weight is 271 g/mol. The molecule has 1 aromatic rings. The lowest BCUT2D eigenvalue weighted by molar-refractivity contribution is 0.0623. The van der Waals surface area contributed by atoms with E-state index in [0.29, 0.717) is 17.4 Å². The molecular formula is C17H21NO2. The highest BCUT2D eigenvalue weighted by Crippen LogP contribution is 2.22. The van der Waals surface area contributed by atoms with E-state index >= 15 is 0 Å². The smallest absolute Gasteiger partial charge is 0.253 e. The van der Waals surface area contributed by atoms with E-state index in [9.17, 15) is 4.79 Å². The van der Waals surface area contributed by atoms with Crippen LogP contribution in [0.5, 0.6) is 0 Å². The Balaban J connectivity index is 2.09. The van der Waals surface area contributed by atoms with Crippen molar-refractivity contribution in [3.05, 3.63) is 35.4 Å². The number of hydrogen-bond donors (Lipinski definition) is 1. The van der Waals surface area contributed by atoms with Gasteiger partial charge in [0.15, 0.2) is 0 Å². The molecule has 0 radical (unpaired) electrons. The summed E-state index contributed by atoms with van der Waals surface area (Å²) in [5.74, 6) is 6.66. The number of likely N-dealkylation sites (tertiary alicyclic amines) is 1. The van der Waals surface area contributed by atoms with Gasteiger partial charge in [-0.3, -0.25) is 4.79 Å². The number of benzene rings is 1. The summed E-state index contributed by atoms with van der Waals surface area (Å²) in [6, 6.07) is 7.28. The van der Waals surface area contributed by atoms with Gasteiger partial charge in [-0.05, 0) is 42.5 Å². The minimum absolute atomic E-state index is 0.102. The summed E-state index contributed by atoms with van der Waals surface area (Å²) in [6.45, 7) is 5.93. The van der Waals surface area contributed by atoms with Gasteiger partial charge in [0.25, 0.3) is 5.91 Å². The van der Waals surface area contributed by atoms with E-state index in [0.717, 1.165) is 18.7 Å². The van der Waals surface area contributed by atoms with Gasteiger partial charge in [-0.2, -0.15) is 0 Å². The first-order chi connectivity index (χ1) is 9.60. The van der Waals surface area contributed by atoms with Crippen LogP contribution in [-0.4, -0.2) is 35.6 Å². The molecule has 20 heavy (non-hydrogen) atoms. The standard InChI is InChI=1S/C17H21NO2/c1-13-10-14(2)12-18(11-13)17(20)16-7-5-15(6-8-16)4-3-9-19/h5-8,13-14,19H,9-12H2,1-2H3. The molecule has 1 saturated heterocycles. The van der Waals surface area contributed by atoms with E-state index in [1.54, 1.807) is 0 Å². The molecule has 0 aromatic heterocycles. The van der Waals surface area contributed by atoms with Gasteiger partial charge >= 0.3 is 0 Å². The van der Waals surface area contributed by atoms with E-state index in [1.165, 1.54) is 6.42 Å². The van der Waals surface area contributed by atoms with Crippen LogP contribution in [0.2, 0.25) is 0 Å². The first kappa shape index (κ1) is 14.6. The minimum Gasteiger partial charge on any atom is -0.384 e. The maximum Gasteiger partial charge on any atom is 0.253 e. The van der Waals surface area contributed by atoms with Crippen LogP contribution < -0.4 is 0 Å². The number of aliphatic hydroxyl groups is 1. The third kappa shape index (κ3) is 3.61. The summed E-state index contributed by atoms with van der Waals surface area (Å²) in [6.07, 6.45) is 1.19. The Morgan fingerprint density at radius 2 is 1.85 bits per heavy atom. The third-order valence-electron chi connectivity index (χ3n) is 3.60. The van der Waals surface area contributed by atoms with Crippen molar-refractivity contribution in [2.75, 3.05) is 19.7 Å². The Morgan fingerprint density at radius 3 is 2.40 bits per heavy atom. The zero-order chi connectivity index (χ0) is 14.5. The van der Waals surface area contributed by atoms with E-state index < -0.39 is 0 Å². The predicted octanol–water partition coefficient (Wildman–Crippen LogP) is 2.15. The molecule has 3 nitrogen and oxygen atoms in total. The summed E-state index contributed by atoms with van der Waals surface area (Å²) in [4.78, 5) is 14.4. The summed E-state index contributed by atoms with van der Waals surface area (Å²) in [7, 11) is 0. The van der Waals surface area contributed by atoms with Gasteiger partial charge in [0, 0.05) is 24.2 Å². The number of hydrogen-bond acceptors (Lipinski definition) is 2. The van der Waals surface area contributed by atoms with Crippen molar-refractivity contribution in [1.82, 2.24) is 4.90 Å². The molecule has 2 atom stereocenters. The van der Waals surface area contributed by atoms with Gasteiger partial charge in [-0.15, -0.1) is 0 Å². The van der Waals surface area contributed by atoms with Gasteiger partial charge in [0.1, 0.15) is 6.61 Å². The highest BCUT2D eigenvalue weighted by Gasteiger charge is 2.25. The van der Waals surface area contributed by atoms with Crippen LogP contribution in [0.15, 0.2) is 24.3 Å². The Bertz CT molecular complexity index is 514. The zero-order valence-corrected chi connectivity index (χ0v) is 12.1. The second kappa shape index (κ2) is 6.58. The minimum atomic E-state index is -0.149. The first-order valence-corrected chi connectivity index (χ1v) is 7.09. The van der Waals surface area contributed by atoms with Crippen molar-refractivity contribution in [2.45, 2.75) is 20.3 Å². The molecule has 0 aliphatic carbocycles. The highest BCUT2D eigenvalue weighted by atomic mass is 16.2. The average Bonchev–Trinajstić information content (AvgIpc) is 2.44. The molecule has 0 saturated carbocycles. The topological polar surface area (TPSA) is 40.5 Å². The zero-order valence-electron chi connectivity index (χ0n) is 12.1. The normalized spacial score (nSPS) is 22.1. The molecule has 0 spiro atoms. The summed E-state index contributed by atoms with van der Waals surface area (Å²) in [5, 5.41) is 8.66. The molecule has 0 bridgehead atoms. The van der Waals surface area contributed by atoms with Gasteiger partial charge < -0.3 is 10.0 Å². The molecule has 3 heteroatoms. The lowest BCUT2D eigenvalue weighted by atomic mass is 9.91. The van der Waals surface area contributed by atoms with Gasteiger partial charge in [0.2, 0.25) is 0 Å². The number of carbonyl (C=O) groups excluding carboxylic acids is 1. The van der Waals surface area contributed by atoms with Crippen molar-refractivity contribution in [3.8, 4) is 11.8 Å². The van der Waals surface area contributed by atoms with E-state index in [4.69, 9.17) is 5.11 Å². The van der Waals surface area contributed by atoms with Crippen LogP contribution in [0.3, 0.4) is 0 Å². The fourth-order valence-corrected chi connectivity index (χ4v) is 2.85. The number of piperidine rings is 1. The highest BCUT2D eigenvalue weighted by molar-refractivity contribution is 5.94. The molecule has 1 aliphatic heterocycles. The predicted molar refractivity (Wildman–Crippen MR) is 79.3 cm³/mol. The molecule has 1 heterocycles. The number of amides is 1. The van der Waals surface area contributed by atoms with Crippen LogP contribution in [0, 0.1) is 23.7 Å². The number of nitrogens with zero attached hydrogens (tertiary/aromatic N) is 1. The van der Waals surface area contributed by atoms with Crippen molar-refractivity contribution in [3.63, 3.8) is 0 Å². The summed E-state index contributed by atoms with van der Waals surface area (Å²) < 4.78 is 0. The maximum atomic E-state index is 12.5. The molecule has 1 fully saturated rings. The monoisotopic (exact) mass is 271 g/mol. The van der Waals surface area contributed by atoms with Crippen LogP contribution >= 0.6 is 0 Å². The Labute approximate surface area is 120 Å². The molecule has 2 unspecified atom stereocenters. The van der Waals surface area contributed by atoms with Crippen LogP contribution in [0.25, 0.3) is 0 Å². The molecule has 106 valence electrons.